The number of nitrogens with zero attached hydrogens (tertiary/aromatic N) is 2. The first-order chi connectivity index (χ1) is 7.99. The molecule has 0 aliphatic heterocycles. The highest BCUT2D eigenvalue weighted by molar-refractivity contribution is 9.10. The molecule has 1 N–H and O–H groups in total. The van der Waals surface area contributed by atoms with Crippen molar-refractivity contribution in [2.75, 3.05) is 0 Å². The highest BCUT2D eigenvalue weighted by Gasteiger charge is 2.09. The Morgan fingerprint density at radius 3 is 2.65 bits per heavy atom. The third-order valence-corrected chi connectivity index (χ3v) is 2.90. The minimum atomic E-state index is -0.273. The predicted molar refractivity (Wildman–Crippen MR) is 68.7 cm³/mol. The molecule has 17 heavy (non-hydrogen) atoms. The number of aromatic hydroxyl groups is 1. The van der Waals surface area contributed by atoms with Crippen LogP contribution >= 0.6 is 15.9 Å². The molecule has 4 nitrogen and oxygen atoms in total. The molecule has 2 heterocycles. The van der Waals surface area contributed by atoms with Crippen LogP contribution in [0.2, 0.25) is 0 Å². The molecular formula is C12H11BrN2O2. The summed E-state index contributed by atoms with van der Waals surface area (Å²) in [5.74, 6) is -0.0237. The Morgan fingerprint density at radius 1 is 1.29 bits per heavy atom. The second kappa shape index (κ2) is 4.33. The van der Waals surface area contributed by atoms with Gasteiger partial charge < -0.3 is 5.11 Å². The minimum Gasteiger partial charge on any atom is -0.508 e. The van der Waals surface area contributed by atoms with E-state index < -0.39 is 0 Å². The van der Waals surface area contributed by atoms with Crippen molar-refractivity contribution in [2.45, 2.75) is 13.8 Å². The number of pyridine rings is 2. The zero-order chi connectivity index (χ0) is 12.6. The van der Waals surface area contributed by atoms with Crippen molar-refractivity contribution in [3.8, 4) is 11.4 Å². The smallest absolute Gasteiger partial charge is 0.259 e. The van der Waals surface area contributed by atoms with Gasteiger partial charge in [0.15, 0.2) is 0 Å². The maximum atomic E-state index is 11.9. The topological polar surface area (TPSA) is 55.1 Å². The van der Waals surface area contributed by atoms with Gasteiger partial charge in [0, 0.05) is 22.4 Å². The molecule has 0 fully saturated rings. The van der Waals surface area contributed by atoms with E-state index in [4.69, 9.17) is 0 Å². The lowest BCUT2D eigenvalue weighted by atomic mass is 10.2. The molecule has 0 amide bonds. The Kier molecular flexibility index (Phi) is 3.02. The molecule has 0 bridgehead atoms. The molecule has 5 heteroatoms. The quantitative estimate of drug-likeness (QED) is 0.878. The fraction of sp³-hybridized carbons (Fsp3) is 0.167. The molecule has 0 aliphatic carbocycles. The van der Waals surface area contributed by atoms with E-state index in [0.29, 0.717) is 11.4 Å². The molecule has 2 rings (SSSR count). The first kappa shape index (κ1) is 11.9. The number of aryl methyl sites for hydroxylation is 2. The highest BCUT2D eigenvalue weighted by Crippen LogP contribution is 2.19. The van der Waals surface area contributed by atoms with Gasteiger partial charge >= 0.3 is 0 Å². The van der Waals surface area contributed by atoms with Gasteiger partial charge in [-0.3, -0.25) is 14.3 Å². The average Bonchev–Trinajstić information content (AvgIpc) is 2.21. The van der Waals surface area contributed by atoms with Crippen molar-refractivity contribution < 1.29 is 5.11 Å². The van der Waals surface area contributed by atoms with Gasteiger partial charge in [-0.1, -0.05) is 0 Å². The molecule has 2 aromatic heterocycles. The average molecular weight is 295 g/mol. The molecule has 88 valence electrons. The molecule has 2 aromatic rings. The molecule has 0 unspecified atom stereocenters. The van der Waals surface area contributed by atoms with Gasteiger partial charge in [-0.05, 0) is 41.9 Å². The number of rotatable bonds is 1. The Balaban J connectivity index is 2.77. The molecule has 0 atom stereocenters. The summed E-state index contributed by atoms with van der Waals surface area (Å²) < 4.78 is 2.32. The SMILES string of the molecule is Cc1ncc(Br)cc1-n1c(C)cc(O)cc1=O. The molecule has 0 spiro atoms. The Labute approximate surface area is 107 Å². The fourth-order valence-electron chi connectivity index (χ4n) is 1.72. The standard InChI is InChI=1S/C12H11BrN2O2/c1-7-3-10(16)5-12(17)15(7)11-4-9(13)6-14-8(11)2/h3-6,16H,1-2H3. The van der Waals surface area contributed by atoms with Crippen LogP contribution in [0.25, 0.3) is 5.69 Å². The number of aromatic nitrogens is 2. The molecule has 0 saturated heterocycles. The predicted octanol–water partition coefficient (Wildman–Crippen LogP) is 2.32. The summed E-state index contributed by atoms with van der Waals surface area (Å²) in [5, 5.41) is 9.35. The summed E-state index contributed by atoms with van der Waals surface area (Å²) in [6, 6.07) is 4.56. The maximum absolute atomic E-state index is 11.9. The summed E-state index contributed by atoms with van der Waals surface area (Å²) in [4.78, 5) is 16.1. The normalized spacial score (nSPS) is 10.5. The Bertz CT molecular complexity index is 635. The third kappa shape index (κ3) is 2.24. The third-order valence-electron chi connectivity index (χ3n) is 2.47. The summed E-state index contributed by atoms with van der Waals surface area (Å²) >= 11 is 3.33. The largest absolute Gasteiger partial charge is 0.508 e. The summed E-state index contributed by atoms with van der Waals surface area (Å²) in [6.07, 6.45) is 1.68. The van der Waals surface area contributed by atoms with Crippen LogP contribution in [0.1, 0.15) is 11.4 Å². The van der Waals surface area contributed by atoms with Gasteiger partial charge in [0.1, 0.15) is 5.75 Å². The number of hydrogen-bond donors (Lipinski definition) is 1. The van der Waals surface area contributed by atoms with Gasteiger partial charge in [-0.25, -0.2) is 0 Å². The first-order valence-electron chi connectivity index (χ1n) is 5.04. The highest BCUT2D eigenvalue weighted by atomic mass is 79.9. The van der Waals surface area contributed by atoms with Crippen LogP contribution in [-0.4, -0.2) is 14.7 Å². The molecule has 0 aromatic carbocycles. The second-order valence-corrected chi connectivity index (χ2v) is 4.70. The lowest BCUT2D eigenvalue weighted by molar-refractivity contribution is 0.472. The number of halogens is 1. The van der Waals surface area contributed by atoms with E-state index in [1.807, 2.05) is 13.0 Å². The van der Waals surface area contributed by atoms with Crippen molar-refractivity contribution in [1.82, 2.24) is 9.55 Å². The van der Waals surface area contributed by atoms with Gasteiger partial charge in [-0.15, -0.1) is 0 Å². The number of hydrogen-bond acceptors (Lipinski definition) is 3. The van der Waals surface area contributed by atoms with Crippen LogP contribution in [0.15, 0.2) is 33.7 Å². The van der Waals surface area contributed by atoms with Crippen LogP contribution in [0, 0.1) is 13.8 Å². The Hall–Kier alpha value is -1.62. The van der Waals surface area contributed by atoms with Crippen LogP contribution in [0.5, 0.6) is 5.75 Å². The fourth-order valence-corrected chi connectivity index (χ4v) is 2.04. The van der Waals surface area contributed by atoms with Crippen LogP contribution in [0.4, 0.5) is 0 Å². The monoisotopic (exact) mass is 294 g/mol. The maximum Gasteiger partial charge on any atom is 0.259 e. The molecular weight excluding hydrogens is 284 g/mol. The molecule has 0 radical (unpaired) electrons. The van der Waals surface area contributed by atoms with Gasteiger partial charge in [0.2, 0.25) is 0 Å². The van der Waals surface area contributed by atoms with Crippen LogP contribution < -0.4 is 5.56 Å². The van der Waals surface area contributed by atoms with E-state index in [1.54, 1.807) is 19.2 Å². The second-order valence-electron chi connectivity index (χ2n) is 3.79. The van der Waals surface area contributed by atoms with Crippen LogP contribution in [-0.2, 0) is 0 Å². The van der Waals surface area contributed by atoms with Gasteiger partial charge in [0.25, 0.3) is 5.56 Å². The molecule has 0 aliphatic rings. The van der Waals surface area contributed by atoms with Gasteiger partial charge in [-0.2, -0.15) is 0 Å². The molecule has 0 saturated carbocycles. The summed E-state index contributed by atoms with van der Waals surface area (Å²) in [6.45, 7) is 3.60. The van der Waals surface area contributed by atoms with Crippen molar-refractivity contribution in [2.24, 2.45) is 0 Å². The Morgan fingerprint density at radius 2 is 2.00 bits per heavy atom. The van der Waals surface area contributed by atoms with Crippen molar-refractivity contribution in [3.63, 3.8) is 0 Å². The van der Waals surface area contributed by atoms with Crippen molar-refractivity contribution in [3.05, 3.63) is 50.6 Å². The zero-order valence-corrected chi connectivity index (χ0v) is 11.0. The van der Waals surface area contributed by atoms with E-state index in [1.165, 1.54) is 10.6 Å². The first-order valence-corrected chi connectivity index (χ1v) is 5.83. The van der Waals surface area contributed by atoms with Crippen molar-refractivity contribution >= 4 is 15.9 Å². The van der Waals surface area contributed by atoms with E-state index in [-0.39, 0.29) is 11.3 Å². The van der Waals surface area contributed by atoms with E-state index in [9.17, 15) is 9.90 Å². The van der Waals surface area contributed by atoms with E-state index in [2.05, 4.69) is 20.9 Å². The zero-order valence-electron chi connectivity index (χ0n) is 9.44. The minimum absolute atomic E-state index is 0.0237. The summed E-state index contributed by atoms with van der Waals surface area (Å²) in [5.41, 5.74) is 1.86. The lowest BCUT2D eigenvalue weighted by Gasteiger charge is -2.12. The van der Waals surface area contributed by atoms with E-state index >= 15 is 0 Å². The van der Waals surface area contributed by atoms with Crippen LogP contribution in [0.3, 0.4) is 0 Å². The summed E-state index contributed by atoms with van der Waals surface area (Å²) in [7, 11) is 0. The van der Waals surface area contributed by atoms with Crippen molar-refractivity contribution in [1.29, 1.82) is 0 Å². The van der Waals surface area contributed by atoms with Gasteiger partial charge in [0.05, 0.1) is 11.4 Å². The van der Waals surface area contributed by atoms with E-state index in [0.717, 1.165) is 10.2 Å². The lowest BCUT2D eigenvalue weighted by Crippen LogP contribution is -2.20.